The van der Waals surface area contributed by atoms with E-state index in [1.165, 1.54) is 30.3 Å². The number of nitrogens with zero attached hydrogens (tertiary/aromatic N) is 4. The molecule has 0 atom stereocenters. The van der Waals surface area contributed by atoms with Crippen molar-refractivity contribution in [2.24, 2.45) is 7.05 Å². The topological polar surface area (TPSA) is 91.0 Å². The number of aromatic nitrogens is 4. The van der Waals surface area contributed by atoms with Gasteiger partial charge in [0.1, 0.15) is 23.0 Å². The van der Waals surface area contributed by atoms with E-state index in [9.17, 15) is 14.0 Å². The zero-order chi connectivity index (χ0) is 24.5. The molecule has 0 aliphatic heterocycles. The Balaban J connectivity index is 1.35. The molecule has 0 aliphatic rings. The van der Waals surface area contributed by atoms with E-state index >= 15 is 0 Å². The number of carbonyl (C=O) groups excluding carboxylic acids is 1. The fourth-order valence-electron chi connectivity index (χ4n) is 3.69. The van der Waals surface area contributed by atoms with Gasteiger partial charge >= 0.3 is 0 Å². The second-order valence-corrected chi connectivity index (χ2v) is 7.96. The van der Waals surface area contributed by atoms with E-state index in [-0.39, 0.29) is 5.69 Å². The van der Waals surface area contributed by atoms with Gasteiger partial charge in [-0.15, -0.1) is 0 Å². The average Bonchev–Trinajstić information content (AvgIpc) is 3.23. The molecule has 5 aromatic rings. The number of anilines is 1. The summed E-state index contributed by atoms with van der Waals surface area (Å²) in [5, 5.41) is 7.89. The van der Waals surface area contributed by atoms with Crippen molar-refractivity contribution in [2.45, 2.75) is 6.92 Å². The van der Waals surface area contributed by atoms with E-state index in [1.807, 2.05) is 23.9 Å². The quantitative estimate of drug-likeness (QED) is 0.406. The van der Waals surface area contributed by atoms with Crippen LogP contribution in [0, 0.1) is 12.7 Å². The number of carbonyl (C=O) groups is 1. The van der Waals surface area contributed by atoms with E-state index in [0.29, 0.717) is 28.4 Å². The van der Waals surface area contributed by atoms with Gasteiger partial charge in [0.05, 0.1) is 11.1 Å². The van der Waals surface area contributed by atoms with Gasteiger partial charge in [-0.25, -0.2) is 9.37 Å². The van der Waals surface area contributed by atoms with E-state index in [1.54, 1.807) is 43.5 Å². The van der Waals surface area contributed by atoms with Gasteiger partial charge in [0.25, 0.3) is 11.5 Å². The number of halogens is 1. The second kappa shape index (κ2) is 8.86. The summed E-state index contributed by atoms with van der Waals surface area (Å²) in [7, 11) is 1.92. The normalized spacial score (nSPS) is 10.9. The molecule has 0 saturated heterocycles. The van der Waals surface area contributed by atoms with Crippen LogP contribution in [0.4, 0.5) is 10.1 Å². The van der Waals surface area contributed by atoms with Crippen LogP contribution in [0.15, 0.2) is 83.9 Å². The van der Waals surface area contributed by atoms with Crippen LogP contribution in [0.1, 0.15) is 16.1 Å². The molecule has 3 heterocycles. The summed E-state index contributed by atoms with van der Waals surface area (Å²) in [5.41, 5.74) is 1.79. The minimum absolute atomic E-state index is 0.0810. The number of ether oxygens (including phenoxy) is 1. The van der Waals surface area contributed by atoms with Crippen LogP contribution in [-0.4, -0.2) is 25.2 Å². The summed E-state index contributed by atoms with van der Waals surface area (Å²) in [5.74, 6) is 0.359. The molecule has 2 aromatic carbocycles. The van der Waals surface area contributed by atoms with Crippen LogP contribution >= 0.6 is 0 Å². The predicted molar refractivity (Wildman–Crippen MR) is 130 cm³/mol. The van der Waals surface area contributed by atoms with Gasteiger partial charge in [-0.05, 0) is 73.2 Å². The van der Waals surface area contributed by atoms with Gasteiger partial charge < -0.3 is 14.6 Å². The molecule has 5 rings (SSSR count). The monoisotopic (exact) mass is 469 g/mol. The Morgan fingerprint density at radius 1 is 1.03 bits per heavy atom. The number of fused-ring (bicyclic) bond motifs is 1. The number of benzene rings is 2. The SMILES string of the molecule is Cc1cc(=O)n(-c2ccc(F)cc2)nc1C(=O)Nc1ccc(Oc2ccnc3c2ccn3C)cc1. The molecule has 0 aliphatic carbocycles. The molecule has 174 valence electrons. The Hall–Kier alpha value is -4.79. The number of amides is 1. The summed E-state index contributed by atoms with van der Waals surface area (Å²) in [6, 6.07) is 17.2. The lowest BCUT2D eigenvalue weighted by Gasteiger charge is -2.11. The first-order valence-corrected chi connectivity index (χ1v) is 10.8. The van der Waals surface area contributed by atoms with Crippen LogP contribution < -0.4 is 15.6 Å². The Kier molecular flexibility index (Phi) is 5.58. The first kappa shape index (κ1) is 22.0. The van der Waals surface area contributed by atoms with Crippen molar-refractivity contribution < 1.29 is 13.9 Å². The summed E-state index contributed by atoms with van der Waals surface area (Å²) >= 11 is 0. The fraction of sp³-hybridized carbons (Fsp3) is 0.0769. The molecule has 0 saturated carbocycles. The van der Waals surface area contributed by atoms with Crippen molar-refractivity contribution >= 4 is 22.6 Å². The molecule has 0 fully saturated rings. The summed E-state index contributed by atoms with van der Waals surface area (Å²) in [6.07, 6.45) is 3.60. The van der Waals surface area contributed by atoms with Crippen LogP contribution in [0.5, 0.6) is 11.5 Å². The van der Waals surface area contributed by atoms with Crippen molar-refractivity contribution in [2.75, 3.05) is 5.32 Å². The number of nitrogens with one attached hydrogen (secondary N) is 1. The summed E-state index contributed by atoms with van der Waals surface area (Å²) < 4.78 is 22.2. The molecule has 0 unspecified atom stereocenters. The van der Waals surface area contributed by atoms with Gasteiger partial charge in [-0.1, -0.05) is 0 Å². The van der Waals surface area contributed by atoms with Crippen molar-refractivity contribution in [3.8, 4) is 17.2 Å². The van der Waals surface area contributed by atoms with Crippen molar-refractivity contribution in [3.63, 3.8) is 0 Å². The molecule has 9 heteroatoms. The van der Waals surface area contributed by atoms with Crippen LogP contribution in [0.25, 0.3) is 16.7 Å². The third-order valence-corrected chi connectivity index (χ3v) is 5.48. The number of aryl methyl sites for hydroxylation is 2. The Bertz CT molecular complexity index is 1610. The summed E-state index contributed by atoms with van der Waals surface area (Å²) in [6.45, 7) is 1.63. The van der Waals surface area contributed by atoms with Crippen molar-refractivity contribution in [1.82, 2.24) is 19.3 Å². The van der Waals surface area contributed by atoms with Gasteiger partial charge in [0, 0.05) is 31.2 Å². The van der Waals surface area contributed by atoms with E-state index in [4.69, 9.17) is 4.74 Å². The summed E-state index contributed by atoms with van der Waals surface area (Å²) in [4.78, 5) is 29.7. The van der Waals surface area contributed by atoms with Crippen LogP contribution in [-0.2, 0) is 7.05 Å². The van der Waals surface area contributed by atoms with Crippen molar-refractivity contribution in [1.29, 1.82) is 0 Å². The maximum Gasteiger partial charge on any atom is 0.276 e. The standard InChI is InChI=1S/C26H20FN5O3/c1-16-15-23(33)32(19-7-3-17(27)4-8-19)30-24(16)26(34)29-18-5-9-20(10-6-18)35-22-11-13-28-25-21(22)12-14-31(25)2/h3-15H,1-2H3,(H,29,34). The Morgan fingerprint density at radius 2 is 1.77 bits per heavy atom. The van der Waals surface area contributed by atoms with Crippen LogP contribution in [0.2, 0.25) is 0 Å². The maximum atomic E-state index is 13.3. The van der Waals surface area contributed by atoms with Crippen LogP contribution in [0.3, 0.4) is 0 Å². The van der Waals surface area contributed by atoms with Gasteiger partial charge in [-0.3, -0.25) is 9.59 Å². The van der Waals surface area contributed by atoms with E-state index in [0.717, 1.165) is 15.7 Å². The number of rotatable bonds is 5. The molecule has 35 heavy (non-hydrogen) atoms. The molecule has 0 spiro atoms. The van der Waals surface area contributed by atoms with Gasteiger partial charge in [0.15, 0.2) is 5.69 Å². The molecule has 1 N–H and O–H groups in total. The predicted octanol–water partition coefficient (Wildman–Crippen LogP) is 4.61. The lowest BCUT2D eigenvalue weighted by atomic mass is 10.2. The fourth-order valence-corrected chi connectivity index (χ4v) is 3.69. The molecule has 3 aromatic heterocycles. The third kappa shape index (κ3) is 4.39. The van der Waals surface area contributed by atoms with Gasteiger partial charge in [0.2, 0.25) is 0 Å². The highest BCUT2D eigenvalue weighted by Gasteiger charge is 2.15. The highest BCUT2D eigenvalue weighted by atomic mass is 19.1. The molecular weight excluding hydrogens is 449 g/mol. The maximum absolute atomic E-state index is 13.3. The highest BCUT2D eigenvalue weighted by molar-refractivity contribution is 6.03. The minimum Gasteiger partial charge on any atom is -0.457 e. The Morgan fingerprint density at radius 3 is 2.51 bits per heavy atom. The highest BCUT2D eigenvalue weighted by Crippen LogP contribution is 2.29. The average molecular weight is 469 g/mol. The smallest absolute Gasteiger partial charge is 0.276 e. The number of hydrogen-bond donors (Lipinski definition) is 1. The molecule has 0 bridgehead atoms. The zero-order valence-electron chi connectivity index (χ0n) is 18.9. The first-order chi connectivity index (χ1) is 16.9. The zero-order valence-corrected chi connectivity index (χ0v) is 18.9. The van der Waals surface area contributed by atoms with Gasteiger partial charge in [-0.2, -0.15) is 9.78 Å². The molecule has 8 nitrogen and oxygen atoms in total. The molecular formula is C26H20FN5O3. The molecule has 0 radical (unpaired) electrons. The van der Waals surface area contributed by atoms with E-state index < -0.39 is 17.3 Å². The van der Waals surface area contributed by atoms with E-state index in [2.05, 4.69) is 15.4 Å². The minimum atomic E-state index is -0.479. The number of hydrogen-bond acceptors (Lipinski definition) is 5. The third-order valence-electron chi connectivity index (χ3n) is 5.48. The first-order valence-electron chi connectivity index (χ1n) is 10.8. The Labute approximate surface area is 199 Å². The second-order valence-electron chi connectivity index (χ2n) is 7.96. The molecule has 1 amide bonds. The lowest BCUT2D eigenvalue weighted by molar-refractivity contribution is 0.102. The number of pyridine rings is 1. The lowest BCUT2D eigenvalue weighted by Crippen LogP contribution is -2.26. The largest absolute Gasteiger partial charge is 0.457 e. The van der Waals surface area contributed by atoms with Crippen molar-refractivity contribution in [3.05, 3.63) is 107 Å².